The van der Waals surface area contributed by atoms with Crippen LogP contribution in [0.25, 0.3) is 0 Å². The van der Waals surface area contributed by atoms with Gasteiger partial charge in [-0.2, -0.15) is 0 Å². The minimum Gasteiger partial charge on any atom is -0.465 e. The zero-order valence-corrected chi connectivity index (χ0v) is 10.3. The van der Waals surface area contributed by atoms with Crippen molar-refractivity contribution in [3.05, 3.63) is 0 Å². The lowest BCUT2D eigenvalue weighted by Gasteiger charge is -2.20. The van der Waals surface area contributed by atoms with Gasteiger partial charge in [0, 0.05) is 0 Å². The quantitative estimate of drug-likeness (QED) is 0.433. The number of ether oxygens (including phenoxy) is 1. The fraction of sp³-hybridized carbons (Fsp3) is 0.700. The van der Waals surface area contributed by atoms with Gasteiger partial charge in [0.05, 0.1) is 6.61 Å². The molecule has 1 unspecified atom stereocenters. The Morgan fingerprint density at radius 3 is 2.81 bits per heavy atom. The zero-order valence-electron chi connectivity index (χ0n) is 9.53. The smallest absolute Gasteiger partial charge is 0.320 e. The van der Waals surface area contributed by atoms with Crippen molar-refractivity contribution in [3.63, 3.8) is 0 Å². The van der Waals surface area contributed by atoms with E-state index in [4.69, 9.17) is 15.9 Å². The molecule has 0 heterocycles. The predicted octanol–water partition coefficient (Wildman–Crippen LogP) is 1.37. The highest BCUT2D eigenvalue weighted by Crippen LogP contribution is 2.52. The molecule has 6 heteroatoms. The monoisotopic (exact) mass is 243 g/mol. The second kappa shape index (κ2) is 5.34. The van der Waals surface area contributed by atoms with E-state index in [2.05, 4.69) is 4.99 Å². The third-order valence-corrected chi connectivity index (χ3v) is 3.95. The van der Waals surface area contributed by atoms with Crippen molar-refractivity contribution in [2.24, 2.45) is 16.1 Å². The van der Waals surface area contributed by atoms with Crippen molar-refractivity contribution in [3.8, 4) is 0 Å². The van der Waals surface area contributed by atoms with E-state index < -0.39 is 0 Å². The highest BCUT2D eigenvalue weighted by Gasteiger charge is 2.50. The summed E-state index contributed by atoms with van der Waals surface area (Å²) in [6.07, 6.45) is 2.88. The zero-order chi connectivity index (χ0) is 12.2. The Balaban J connectivity index is 2.69. The summed E-state index contributed by atoms with van der Waals surface area (Å²) in [5.41, 5.74) is 5.57. The molecular weight excluding hydrogens is 226 g/mol. The second-order valence-electron chi connectivity index (χ2n) is 4.00. The normalized spacial score (nSPS) is 20.0. The van der Waals surface area contributed by atoms with Crippen molar-refractivity contribution in [2.75, 3.05) is 6.61 Å². The van der Waals surface area contributed by atoms with Gasteiger partial charge >= 0.3 is 5.97 Å². The molecule has 1 aliphatic carbocycles. The van der Waals surface area contributed by atoms with Gasteiger partial charge in [0.15, 0.2) is 5.17 Å². The van der Waals surface area contributed by atoms with Crippen LogP contribution in [0.1, 0.15) is 26.7 Å². The molecule has 0 amide bonds. The first-order chi connectivity index (χ1) is 7.53. The third kappa shape index (κ3) is 3.23. The molecule has 0 aromatic rings. The maximum Gasteiger partial charge on any atom is 0.320 e. The van der Waals surface area contributed by atoms with Crippen LogP contribution in [0.3, 0.4) is 0 Å². The molecule has 0 aromatic carbocycles. The third-order valence-electron chi connectivity index (χ3n) is 2.60. The number of nitrogens with two attached hydrogens (primary N) is 1. The van der Waals surface area contributed by atoms with Crippen LogP contribution in [-0.4, -0.2) is 29.3 Å². The fourth-order valence-electron chi connectivity index (χ4n) is 1.37. The molecule has 1 rings (SSSR count). The van der Waals surface area contributed by atoms with E-state index in [1.54, 1.807) is 6.92 Å². The Hall–Kier alpha value is -1.04. The Morgan fingerprint density at radius 2 is 2.38 bits per heavy atom. The molecule has 16 heavy (non-hydrogen) atoms. The number of carbonyl (C=O) groups is 1. The Kier molecular flexibility index (Phi) is 4.35. The number of amidine groups is 1. The van der Waals surface area contributed by atoms with Crippen molar-refractivity contribution < 1.29 is 9.53 Å². The molecule has 1 atom stereocenters. The summed E-state index contributed by atoms with van der Waals surface area (Å²) in [4.78, 5) is 15.4. The maximum atomic E-state index is 11.8. The number of thioether (sulfide) groups is 1. The van der Waals surface area contributed by atoms with Gasteiger partial charge in [-0.25, -0.2) is 4.99 Å². The van der Waals surface area contributed by atoms with Gasteiger partial charge in [0.2, 0.25) is 0 Å². The summed E-state index contributed by atoms with van der Waals surface area (Å²) in [6, 6.07) is 0. The lowest BCUT2D eigenvalue weighted by molar-refractivity contribution is -0.143. The van der Waals surface area contributed by atoms with Crippen LogP contribution in [0.4, 0.5) is 0 Å². The molecule has 0 bridgehead atoms. The largest absolute Gasteiger partial charge is 0.465 e. The van der Waals surface area contributed by atoms with Gasteiger partial charge in [-0.15, -0.1) is 0 Å². The summed E-state index contributed by atoms with van der Waals surface area (Å²) in [6.45, 7) is 4.19. The predicted molar refractivity (Wildman–Crippen MR) is 65.8 cm³/mol. The first-order valence-electron chi connectivity index (χ1n) is 5.19. The van der Waals surface area contributed by atoms with E-state index in [9.17, 15) is 4.79 Å². The first kappa shape index (κ1) is 13.0. The van der Waals surface area contributed by atoms with Crippen molar-refractivity contribution in [1.29, 1.82) is 5.41 Å². The second-order valence-corrected chi connectivity index (χ2v) is 5.13. The van der Waals surface area contributed by atoms with Crippen molar-refractivity contribution >= 4 is 29.2 Å². The minimum atomic E-state index is -0.309. The van der Waals surface area contributed by atoms with Gasteiger partial charge in [0.25, 0.3) is 0 Å². The molecule has 90 valence electrons. The van der Waals surface area contributed by atoms with Crippen LogP contribution in [0.5, 0.6) is 0 Å². The summed E-state index contributed by atoms with van der Waals surface area (Å²) in [5, 5.41) is 6.74. The molecule has 0 saturated heterocycles. The molecule has 0 aromatic heterocycles. The molecule has 5 nitrogen and oxygen atoms in total. The van der Waals surface area contributed by atoms with E-state index >= 15 is 0 Å². The number of aliphatic imine (C=N–C) groups is 1. The van der Waals surface area contributed by atoms with Crippen LogP contribution in [0.2, 0.25) is 0 Å². The van der Waals surface area contributed by atoms with Crippen molar-refractivity contribution in [2.45, 2.75) is 31.9 Å². The van der Waals surface area contributed by atoms with Crippen LogP contribution in [-0.2, 0) is 9.53 Å². The fourth-order valence-corrected chi connectivity index (χ4v) is 2.41. The SMILES string of the molecule is CCOC(=O)C(SC(N)=NC=N)C1(C)CC1. The number of hydrogen-bond donors (Lipinski definition) is 2. The molecule has 3 N–H and O–H groups in total. The highest BCUT2D eigenvalue weighted by molar-refractivity contribution is 8.14. The van der Waals surface area contributed by atoms with E-state index in [0.29, 0.717) is 6.61 Å². The van der Waals surface area contributed by atoms with Gasteiger partial charge in [-0.05, 0) is 25.2 Å². The van der Waals surface area contributed by atoms with Crippen molar-refractivity contribution in [1.82, 2.24) is 0 Å². The molecule has 0 radical (unpaired) electrons. The van der Waals surface area contributed by atoms with Crippen LogP contribution in [0, 0.1) is 10.8 Å². The van der Waals surface area contributed by atoms with Crippen LogP contribution >= 0.6 is 11.8 Å². The molecule has 0 aliphatic heterocycles. The van der Waals surface area contributed by atoms with E-state index in [0.717, 1.165) is 19.2 Å². The van der Waals surface area contributed by atoms with E-state index in [1.165, 1.54) is 11.8 Å². The minimum absolute atomic E-state index is 0.0287. The standard InChI is InChI=1S/C10H17N3O2S/c1-3-15-8(14)7(10(2)4-5-10)16-9(12)13-6-11/h6-7H,3-5H2,1-2H3,(H3,11,12,13). The summed E-state index contributed by atoms with van der Waals surface area (Å²) in [7, 11) is 0. The number of carbonyl (C=O) groups excluding carboxylic acids is 1. The lowest BCUT2D eigenvalue weighted by Crippen LogP contribution is -2.31. The average molecular weight is 243 g/mol. The van der Waals surface area contributed by atoms with Gasteiger partial charge in [-0.3, -0.25) is 10.2 Å². The highest BCUT2D eigenvalue weighted by atomic mass is 32.2. The average Bonchev–Trinajstić information content (AvgIpc) is 2.95. The Morgan fingerprint density at radius 1 is 1.75 bits per heavy atom. The Bertz CT molecular complexity index is 313. The topological polar surface area (TPSA) is 88.5 Å². The molecule has 1 aliphatic rings. The Labute approximate surface area is 99.3 Å². The maximum absolute atomic E-state index is 11.8. The molecule has 0 spiro atoms. The number of hydrogen-bond acceptors (Lipinski definition) is 4. The number of esters is 1. The first-order valence-corrected chi connectivity index (χ1v) is 6.07. The molecule has 1 fully saturated rings. The lowest BCUT2D eigenvalue weighted by atomic mass is 10.1. The van der Waals surface area contributed by atoms with Gasteiger partial charge in [0.1, 0.15) is 11.6 Å². The number of nitrogens with zero attached hydrogens (tertiary/aromatic N) is 1. The number of rotatable bonds is 5. The number of nitrogens with one attached hydrogen (secondary N) is 1. The van der Waals surface area contributed by atoms with E-state index in [-0.39, 0.29) is 21.8 Å². The van der Waals surface area contributed by atoms with Gasteiger partial charge in [-0.1, -0.05) is 18.7 Å². The van der Waals surface area contributed by atoms with E-state index in [1.807, 2.05) is 6.92 Å². The molecular formula is C10H17N3O2S. The van der Waals surface area contributed by atoms with Gasteiger partial charge < -0.3 is 10.5 Å². The summed E-state index contributed by atoms with van der Waals surface area (Å²) >= 11 is 1.19. The van der Waals surface area contributed by atoms with Crippen LogP contribution in [0.15, 0.2) is 4.99 Å². The summed E-state index contributed by atoms with van der Waals surface area (Å²) < 4.78 is 5.02. The van der Waals surface area contributed by atoms with Crippen LogP contribution < -0.4 is 5.73 Å². The molecule has 1 saturated carbocycles. The summed E-state index contributed by atoms with van der Waals surface area (Å²) in [5.74, 6) is -0.240.